The highest BCUT2D eigenvalue weighted by Gasteiger charge is 2.27. The number of likely N-dealkylation sites (tertiary alicyclic amines) is 1. The van der Waals surface area contributed by atoms with Gasteiger partial charge >= 0.3 is 0 Å². The Kier molecular flexibility index (Phi) is 4.66. The Hall–Kier alpha value is -1.26. The average Bonchev–Trinajstić information content (AvgIpc) is 2.59. The highest BCUT2D eigenvalue weighted by atomic mass is 16.5. The van der Waals surface area contributed by atoms with E-state index in [-0.39, 0.29) is 12.1 Å². The van der Waals surface area contributed by atoms with Crippen molar-refractivity contribution in [3.63, 3.8) is 0 Å². The van der Waals surface area contributed by atoms with Crippen LogP contribution in [0, 0.1) is 0 Å². The fourth-order valence-electron chi connectivity index (χ4n) is 2.87. The van der Waals surface area contributed by atoms with E-state index in [1.165, 1.54) is 18.4 Å². The molecule has 2 N–H and O–H groups in total. The first-order chi connectivity index (χ1) is 9.15. The summed E-state index contributed by atoms with van der Waals surface area (Å²) in [4.78, 5) is 2.34. The minimum absolute atomic E-state index is 0.157. The Morgan fingerprint density at radius 3 is 2.32 bits per heavy atom. The number of hydrogen-bond donors (Lipinski definition) is 1. The molecule has 106 valence electrons. The van der Waals surface area contributed by atoms with E-state index in [2.05, 4.69) is 24.1 Å². The quantitative estimate of drug-likeness (QED) is 0.909. The predicted octanol–water partition coefficient (Wildman–Crippen LogP) is 2.19. The third-order valence-electron chi connectivity index (χ3n) is 3.89. The number of hydrogen-bond acceptors (Lipinski definition) is 4. The molecule has 1 aromatic rings. The Bertz CT molecular complexity index is 388. The number of methoxy groups -OCH3 is 2. The fourth-order valence-corrected chi connectivity index (χ4v) is 2.87. The van der Waals surface area contributed by atoms with Crippen LogP contribution in [-0.2, 0) is 0 Å². The molecule has 1 fully saturated rings. The Morgan fingerprint density at radius 1 is 1.11 bits per heavy atom. The molecule has 0 spiro atoms. The van der Waals surface area contributed by atoms with Crippen molar-refractivity contribution in [3.8, 4) is 11.5 Å². The minimum atomic E-state index is 0.157. The molecule has 0 aliphatic carbocycles. The zero-order chi connectivity index (χ0) is 13.8. The summed E-state index contributed by atoms with van der Waals surface area (Å²) in [6, 6.07) is 6.41. The normalized spacial score (nSPS) is 24.8. The van der Waals surface area contributed by atoms with Crippen molar-refractivity contribution in [1.29, 1.82) is 0 Å². The number of likely N-dealkylation sites (N-methyl/N-ethyl adjacent to an activating group) is 1. The average molecular weight is 264 g/mol. The number of ether oxygens (including phenoxy) is 2. The van der Waals surface area contributed by atoms with Crippen molar-refractivity contribution >= 4 is 0 Å². The second-order valence-electron chi connectivity index (χ2n) is 5.23. The predicted molar refractivity (Wildman–Crippen MR) is 76.7 cm³/mol. The summed E-state index contributed by atoms with van der Waals surface area (Å²) in [7, 11) is 5.49. The molecule has 1 aliphatic rings. The van der Waals surface area contributed by atoms with Gasteiger partial charge in [-0.25, -0.2) is 0 Å². The Balaban J connectivity index is 2.36. The van der Waals surface area contributed by atoms with E-state index in [1.54, 1.807) is 14.2 Å². The van der Waals surface area contributed by atoms with Crippen LogP contribution in [0.2, 0.25) is 0 Å². The molecule has 1 heterocycles. The maximum Gasteiger partial charge on any atom is 0.122 e. The number of nitrogens with zero attached hydrogens (tertiary/aromatic N) is 1. The Morgan fingerprint density at radius 2 is 1.74 bits per heavy atom. The van der Waals surface area contributed by atoms with Crippen molar-refractivity contribution in [3.05, 3.63) is 23.8 Å². The summed E-state index contributed by atoms with van der Waals surface area (Å²) < 4.78 is 10.7. The smallest absolute Gasteiger partial charge is 0.122 e. The van der Waals surface area contributed by atoms with Crippen molar-refractivity contribution in [2.24, 2.45) is 5.73 Å². The van der Waals surface area contributed by atoms with Gasteiger partial charge in [-0.15, -0.1) is 0 Å². The lowest BCUT2D eigenvalue weighted by Crippen LogP contribution is -2.37. The summed E-state index contributed by atoms with van der Waals surface area (Å²) in [5, 5.41) is 0. The van der Waals surface area contributed by atoms with Gasteiger partial charge < -0.3 is 15.2 Å². The van der Waals surface area contributed by atoms with Gasteiger partial charge in [0.15, 0.2) is 0 Å². The van der Waals surface area contributed by atoms with Crippen LogP contribution in [0.1, 0.15) is 30.9 Å². The zero-order valence-corrected chi connectivity index (χ0v) is 12.1. The van der Waals surface area contributed by atoms with Crippen molar-refractivity contribution in [1.82, 2.24) is 4.90 Å². The van der Waals surface area contributed by atoms with E-state index in [0.717, 1.165) is 24.5 Å². The van der Waals surface area contributed by atoms with Gasteiger partial charge in [-0.3, -0.25) is 4.90 Å². The minimum Gasteiger partial charge on any atom is -0.497 e. The molecule has 4 heteroatoms. The molecule has 0 amide bonds. The first-order valence-electron chi connectivity index (χ1n) is 6.84. The van der Waals surface area contributed by atoms with Crippen LogP contribution in [0.25, 0.3) is 0 Å². The van der Waals surface area contributed by atoms with Crippen LogP contribution in [0.3, 0.4) is 0 Å². The highest BCUT2D eigenvalue weighted by molar-refractivity contribution is 5.40. The van der Waals surface area contributed by atoms with Gasteiger partial charge in [0, 0.05) is 18.2 Å². The molecule has 0 bridgehead atoms. The first-order valence-corrected chi connectivity index (χ1v) is 6.84. The van der Waals surface area contributed by atoms with Gasteiger partial charge in [0.2, 0.25) is 0 Å². The molecule has 19 heavy (non-hydrogen) atoms. The standard InChI is InChI=1S/C15H24N2O2/c1-17-7-5-4-6-14(16)15(17)11-8-12(18-2)10-13(9-11)19-3/h8-10,14-15H,4-7,16H2,1-3H3. The van der Waals surface area contributed by atoms with Crippen LogP contribution in [0.4, 0.5) is 0 Å². The second-order valence-corrected chi connectivity index (χ2v) is 5.23. The summed E-state index contributed by atoms with van der Waals surface area (Å²) >= 11 is 0. The van der Waals surface area contributed by atoms with Gasteiger partial charge in [-0.2, -0.15) is 0 Å². The lowest BCUT2D eigenvalue weighted by molar-refractivity contribution is 0.229. The van der Waals surface area contributed by atoms with Gasteiger partial charge in [-0.1, -0.05) is 6.42 Å². The van der Waals surface area contributed by atoms with Gasteiger partial charge in [0.25, 0.3) is 0 Å². The molecule has 0 radical (unpaired) electrons. The van der Waals surface area contributed by atoms with Crippen molar-refractivity contribution < 1.29 is 9.47 Å². The van der Waals surface area contributed by atoms with Crippen LogP contribution in [-0.4, -0.2) is 38.8 Å². The van der Waals surface area contributed by atoms with Crippen molar-refractivity contribution in [2.75, 3.05) is 27.8 Å². The molecule has 1 saturated heterocycles. The molecule has 4 nitrogen and oxygen atoms in total. The van der Waals surface area contributed by atoms with Crippen LogP contribution >= 0.6 is 0 Å². The third-order valence-corrected chi connectivity index (χ3v) is 3.89. The summed E-state index contributed by atoms with van der Waals surface area (Å²) in [6.45, 7) is 1.08. The lowest BCUT2D eigenvalue weighted by atomic mass is 9.96. The molecule has 2 rings (SSSR count). The summed E-state index contributed by atoms with van der Waals surface area (Å²) in [5.41, 5.74) is 7.54. The molecule has 0 aromatic heterocycles. The summed E-state index contributed by atoms with van der Waals surface area (Å²) in [5.74, 6) is 1.64. The van der Waals surface area contributed by atoms with E-state index in [9.17, 15) is 0 Å². The topological polar surface area (TPSA) is 47.7 Å². The molecular weight excluding hydrogens is 240 g/mol. The monoisotopic (exact) mass is 264 g/mol. The molecule has 0 saturated carbocycles. The second kappa shape index (κ2) is 6.26. The SMILES string of the molecule is COc1cc(OC)cc(C2C(N)CCCCN2C)c1. The Labute approximate surface area is 115 Å². The molecular formula is C15H24N2O2. The maximum absolute atomic E-state index is 6.36. The van der Waals surface area contributed by atoms with E-state index in [1.807, 2.05) is 6.07 Å². The van der Waals surface area contributed by atoms with Gasteiger partial charge in [0.1, 0.15) is 11.5 Å². The maximum atomic E-state index is 6.36. The highest BCUT2D eigenvalue weighted by Crippen LogP contribution is 2.33. The van der Waals surface area contributed by atoms with Gasteiger partial charge in [0.05, 0.1) is 14.2 Å². The molecule has 1 aliphatic heterocycles. The molecule has 2 unspecified atom stereocenters. The third kappa shape index (κ3) is 3.19. The van der Waals surface area contributed by atoms with Crippen LogP contribution in [0.15, 0.2) is 18.2 Å². The van der Waals surface area contributed by atoms with E-state index < -0.39 is 0 Å². The number of rotatable bonds is 3. The fraction of sp³-hybridized carbons (Fsp3) is 0.600. The number of nitrogens with two attached hydrogens (primary N) is 1. The van der Waals surface area contributed by atoms with E-state index in [4.69, 9.17) is 15.2 Å². The number of benzene rings is 1. The zero-order valence-electron chi connectivity index (χ0n) is 12.1. The van der Waals surface area contributed by atoms with Crippen LogP contribution in [0.5, 0.6) is 11.5 Å². The summed E-state index contributed by atoms with van der Waals surface area (Å²) in [6.07, 6.45) is 3.47. The van der Waals surface area contributed by atoms with Gasteiger partial charge in [-0.05, 0) is 44.1 Å². The largest absolute Gasteiger partial charge is 0.497 e. The molecule has 1 aromatic carbocycles. The van der Waals surface area contributed by atoms with Crippen LogP contribution < -0.4 is 15.2 Å². The van der Waals surface area contributed by atoms with E-state index in [0.29, 0.717) is 0 Å². The molecule has 2 atom stereocenters. The van der Waals surface area contributed by atoms with E-state index >= 15 is 0 Å². The first kappa shape index (κ1) is 14.2. The van der Waals surface area contributed by atoms with Crippen molar-refractivity contribution in [2.45, 2.75) is 31.3 Å². The lowest BCUT2D eigenvalue weighted by Gasteiger charge is -2.31.